The van der Waals surface area contributed by atoms with Crippen LogP contribution in [-0.4, -0.2) is 85.0 Å². The number of halogens is 4. The van der Waals surface area contributed by atoms with E-state index in [-0.39, 0.29) is 47.5 Å². The molecule has 3 N–H and O–H groups in total. The largest absolute Gasteiger partial charge is 0.491 e. The van der Waals surface area contributed by atoms with Gasteiger partial charge in [-0.05, 0) is 37.5 Å². The lowest BCUT2D eigenvalue weighted by molar-refractivity contribution is -0.123. The molecule has 1 aliphatic heterocycles. The van der Waals surface area contributed by atoms with Gasteiger partial charge in [0, 0.05) is 12.1 Å². The number of rotatable bonds is 11. The number of carbonyl (C=O) groups is 2. The first-order valence-electron chi connectivity index (χ1n) is 11.1. The van der Waals surface area contributed by atoms with Crippen molar-refractivity contribution in [2.45, 2.75) is 31.9 Å². The van der Waals surface area contributed by atoms with Crippen molar-refractivity contribution in [1.29, 1.82) is 0 Å². The van der Waals surface area contributed by atoms with Crippen LogP contribution < -0.4 is 10.1 Å². The van der Waals surface area contributed by atoms with Gasteiger partial charge in [-0.15, -0.1) is 5.10 Å². The Morgan fingerprint density at radius 1 is 1.17 bits per heavy atom. The predicted molar refractivity (Wildman–Crippen MR) is 123 cm³/mol. The number of hydrogen-bond acceptors (Lipinski definition) is 7. The fourth-order valence-corrected chi connectivity index (χ4v) is 4.80. The van der Waals surface area contributed by atoms with Crippen LogP contribution >= 0.6 is 10.6 Å². The molecule has 10 nitrogen and oxygen atoms in total. The molecule has 200 valence electrons. The standard InChI is InChI=1S/C21H27F4N5O5S/c22-7-3-1-2-4-9-35-18-11-15(19(31)26-13-21(23,24)25)5-6-17(18)30-12-16(27-28-30)20(32)29-8-10-36(33,34)14-29/h5-6,11-12,33-34H,1-4,7-10,13-14H2,(H,26,31). The summed E-state index contributed by atoms with van der Waals surface area (Å²) in [7, 11) is -2.85. The highest BCUT2D eigenvalue weighted by molar-refractivity contribution is 8.24. The molecule has 36 heavy (non-hydrogen) atoms. The number of unbranched alkanes of at least 4 members (excludes halogenated alkanes) is 3. The van der Waals surface area contributed by atoms with Crippen molar-refractivity contribution in [3.8, 4) is 11.4 Å². The van der Waals surface area contributed by atoms with Crippen molar-refractivity contribution in [2.75, 3.05) is 38.0 Å². The van der Waals surface area contributed by atoms with Gasteiger partial charge >= 0.3 is 6.18 Å². The van der Waals surface area contributed by atoms with Gasteiger partial charge in [0.25, 0.3) is 11.8 Å². The number of amides is 2. The van der Waals surface area contributed by atoms with Crippen molar-refractivity contribution >= 4 is 22.4 Å². The summed E-state index contributed by atoms with van der Waals surface area (Å²) >= 11 is 0. The fraction of sp³-hybridized carbons (Fsp3) is 0.524. The molecular formula is C21H27F4N5O5S. The number of ether oxygens (including phenoxy) is 1. The van der Waals surface area contributed by atoms with Gasteiger partial charge in [-0.1, -0.05) is 11.6 Å². The summed E-state index contributed by atoms with van der Waals surface area (Å²) in [5, 5.41) is 9.55. The van der Waals surface area contributed by atoms with E-state index in [2.05, 4.69) is 10.3 Å². The van der Waals surface area contributed by atoms with E-state index >= 15 is 0 Å². The molecule has 0 aliphatic carbocycles. The second-order valence-electron chi connectivity index (χ2n) is 8.18. The van der Waals surface area contributed by atoms with Crippen molar-refractivity contribution < 1.29 is 41.0 Å². The van der Waals surface area contributed by atoms with E-state index in [0.29, 0.717) is 25.7 Å². The van der Waals surface area contributed by atoms with Crippen LogP contribution in [0.1, 0.15) is 46.5 Å². The number of carbonyl (C=O) groups excluding carboxylic acids is 2. The fourth-order valence-electron chi connectivity index (χ4n) is 3.41. The summed E-state index contributed by atoms with van der Waals surface area (Å²) in [6.07, 6.45) is -0.890. The number of nitrogens with zero attached hydrogens (tertiary/aromatic N) is 4. The quantitative estimate of drug-likeness (QED) is 0.295. The molecule has 1 fully saturated rings. The van der Waals surface area contributed by atoms with Gasteiger partial charge in [0.1, 0.15) is 23.9 Å². The Bertz CT molecular complexity index is 1070. The minimum Gasteiger partial charge on any atom is -0.491 e. The second kappa shape index (κ2) is 11.9. The van der Waals surface area contributed by atoms with Gasteiger partial charge in [0.15, 0.2) is 5.69 Å². The number of alkyl halides is 4. The molecule has 15 heteroatoms. The highest BCUT2D eigenvalue weighted by Crippen LogP contribution is 2.43. The Kier molecular flexibility index (Phi) is 9.13. The first-order valence-corrected chi connectivity index (χ1v) is 13.0. The molecule has 1 saturated heterocycles. The van der Waals surface area contributed by atoms with Crippen LogP contribution in [0.15, 0.2) is 24.4 Å². The minimum absolute atomic E-state index is 0.0590. The molecule has 2 amide bonds. The van der Waals surface area contributed by atoms with Gasteiger partial charge in [-0.3, -0.25) is 23.1 Å². The second-order valence-corrected chi connectivity index (χ2v) is 10.5. The summed E-state index contributed by atoms with van der Waals surface area (Å²) < 4.78 is 76.2. The topological polar surface area (TPSA) is 130 Å². The highest BCUT2D eigenvalue weighted by atomic mass is 32.3. The summed E-state index contributed by atoms with van der Waals surface area (Å²) in [5.41, 5.74) is 0.147. The average Bonchev–Trinajstić information content (AvgIpc) is 3.45. The van der Waals surface area contributed by atoms with E-state index in [4.69, 9.17) is 4.74 Å². The van der Waals surface area contributed by atoms with E-state index in [0.717, 1.165) is 0 Å². The number of hydrogen-bond donors (Lipinski definition) is 3. The third-order valence-corrected chi connectivity index (χ3v) is 6.82. The molecule has 0 bridgehead atoms. The molecule has 0 atom stereocenters. The van der Waals surface area contributed by atoms with E-state index in [1.165, 1.54) is 34.0 Å². The van der Waals surface area contributed by atoms with Crippen LogP contribution in [0.3, 0.4) is 0 Å². The highest BCUT2D eigenvalue weighted by Gasteiger charge is 2.32. The Hall–Kier alpha value is -2.91. The molecule has 0 radical (unpaired) electrons. The summed E-state index contributed by atoms with van der Waals surface area (Å²) in [6, 6.07) is 3.95. The van der Waals surface area contributed by atoms with Gasteiger partial charge < -0.3 is 15.0 Å². The monoisotopic (exact) mass is 537 g/mol. The molecule has 2 heterocycles. The molecule has 3 rings (SSSR count). The molecule has 0 saturated carbocycles. The maximum Gasteiger partial charge on any atom is 0.405 e. The zero-order chi connectivity index (χ0) is 26.3. The van der Waals surface area contributed by atoms with Gasteiger partial charge in [-0.25, -0.2) is 4.68 Å². The average molecular weight is 538 g/mol. The maximum absolute atomic E-state index is 12.7. The molecule has 1 aromatic heterocycles. The summed E-state index contributed by atoms with van der Waals surface area (Å²) in [4.78, 5) is 26.1. The predicted octanol–water partition coefficient (Wildman–Crippen LogP) is 3.63. The third kappa shape index (κ3) is 7.80. The maximum atomic E-state index is 12.7. The van der Waals surface area contributed by atoms with Crippen LogP contribution in [-0.2, 0) is 0 Å². The lowest BCUT2D eigenvalue weighted by atomic mass is 10.1. The normalized spacial score (nSPS) is 16.1. The minimum atomic E-state index is -4.57. The van der Waals surface area contributed by atoms with Crippen LogP contribution in [0.4, 0.5) is 17.6 Å². The molecule has 0 unspecified atom stereocenters. The number of nitrogens with one attached hydrogen (secondary N) is 1. The Morgan fingerprint density at radius 2 is 1.92 bits per heavy atom. The SMILES string of the molecule is O=C(NCC(F)(F)F)c1ccc(-n2cc(C(=O)N3CCS(O)(O)C3)nn2)c(OCCCCCCF)c1. The van der Waals surface area contributed by atoms with E-state index in [9.17, 15) is 36.3 Å². The Morgan fingerprint density at radius 3 is 2.58 bits per heavy atom. The zero-order valence-electron chi connectivity index (χ0n) is 19.2. The van der Waals surface area contributed by atoms with Crippen molar-refractivity contribution in [2.24, 2.45) is 0 Å². The lowest BCUT2D eigenvalue weighted by Crippen LogP contribution is -2.33. The number of aromatic nitrogens is 3. The van der Waals surface area contributed by atoms with E-state index in [1.54, 1.807) is 5.32 Å². The van der Waals surface area contributed by atoms with Crippen molar-refractivity contribution in [3.05, 3.63) is 35.7 Å². The summed E-state index contributed by atoms with van der Waals surface area (Å²) in [6.45, 7) is -1.55. The first kappa shape index (κ1) is 27.7. The molecule has 2 aromatic rings. The van der Waals surface area contributed by atoms with E-state index in [1.807, 2.05) is 0 Å². The van der Waals surface area contributed by atoms with Crippen LogP contribution in [0.5, 0.6) is 5.75 Å². The molecule has 1 aliphatic rings. The van der Waals surface area contributed by atoms with Gasteiger partial charge in [0.05, 0.1) is 25.2 Å². The Balaban J connectivity index is 1.78. The number of benzene rings is 1. The van der Waals surface area contributed by atoms with Crippen molar-refractivity contribution in [3.63, 3.8) is 0 Å². The molecular weight excluding hydrogens is 510 g/mol. The Labute approximate surface area is 205 Å². The lowest BCUT2D eigenvalue weighted by Gasteiger charge is -2.25. The van der Waals surface area contributed by atoms with Crippen LogP contribution in [0, 0.1) is 0 Å². The summed E-state index contributed by atoms with van der Waals surface area (Å²) in [5.74, 6) is -1.49. The van der Waals surface area contributed by atoms with Gasteiger partial charge in [-0.2, -0.15) is 23.8 Å². The third-order valence-electron chi connectivity index (χ3n) is 5.25. The van der Waals surface area contributed by atoms with Gasteiger partial charge in [0.2, 0.25) is 0 Å². The van der Waals surface area contributed by atoms with E-state index < -0.39 is 41.8 Å². The smallest absolute Gasteiger partial charge is 0.405 e. The first-order chi connectivity index (χ1) is 17.0. The zero-order valence-corrected chi connectivity index (χ0v) is 20.0. The van der Waals surface area contributed by atoms with Crippen LogP contribution in [0.2, 0.25) is 0 Å². The molecule has 0 spiro atoms. The van der Waals surface area contributed by atoms with Crippen LogP contribution in [0.25, 0.3) is 5.69 Å². The van der Waals surface area contributed by atoms with Crippen molar-refractivity contribution in [1.82, 2.24) is 25.2 Å². The molecule has 1 aromatic carbocycles.